The summed E-state index contributed by atoms with van der Waals surface area (Å²) in [7, 11) is 1.61. The Morgan fingerprint density at radius 1 is 1.53 bits per heavy atom. The molecule has 1 fully saturated rings. The number of hydrogen-bond donors (Lipinski definition) is 1. The van der Waals surface area contributed by atoms with Gasteiger partial charge in [0.15, 0.2) is 5.78 Å². The first-order valence-corrected chi connectivity index (χ1v) is 6.12. The summed E-state index contributed by atoms with van der Waals surface area (Å²) in [6.45, 7) is 3.02. The number of rotatable bonds is 4. The van der Waals surface area contributed by atoms with E-state index in [1.54, 1.807) is 7.11 Å². The monoisotopic (exact) mass is 233 g/mol. The van der Waals surface area contributed by atoms with Crippen molar-refractivity contribution in [1.29, 1.82) is 0 Å². The molecule has 1 aliphatic rings. The Bertz CT molecular complexity index is 409. The molecular weight excluding hydrogens is 214 g/mol. The third-order valence-electron chi connectivity index (χ3n) is 3.25. The minimum atomic E-state index is 0.171. The summed E-state index contributed by atoms with van der Waals surface area (Å²) in [5, 5.41) is 3.35. The third-order valence-corrected chi connectivity index (χ3v) is 3.25. The van der Waals surface area contributed by atoms with Crippen LogP contribution in [0, 0.1) is 6.92 Å². The van der Waals surface area contributed by atoms with E-state index in [9.17, 15) is 4.79 Å². The van der Waals surface area contributed by atoms with Crippen LogP contribution in [0.2, 0.25) is 0 Å². The molecule has 0 spiro atoms. The number of aryl methyl sites for hydroxylation is 1. The number of hydrogen-bond acceptors (Lipinski definition) is 3. The zero-order valence-corrected chi connectivity index (χ0v) is 10.5. The molecule has 1 N–H and O–H groups in total. The lowest BCUT2D eigenvalue weighted by Gasteiger charge is -2.12. The van der Waals surface area contributed by atoms with Crippen molar-refractivity contribution in [1.82, 2.24) is 5.32 Å². The molecule has 0 bridgehead atoms. The molecule has 1 aliphatic heterocycles. The van der Waals surface area contributed by atoms with E-state index in [1.807, 2.05) is 25.1 Å². The molecule has 17 heavy (non-hydrogen) atoms. The molecule has 1 aromatic carbocycles. The van der Waals surface area contributed by atoms with Gasteiger partial charge in [0.05, 0.1) is 12.7 Å². The molecule has 1 aromatic rings. The van der Waals surface area contributed by atoms with Crippen LogP contribution in [0.1, 0.15) is 35.2 Å². The summed E-state index contributed by atoms with van der Waals surface area (Å²) in [4.78, 5) is 12.2. The number of Topliss-reactive ketones (excluding diaryl/α,β-unsaturated/α-hetero) is 1. The first-order valence-electron chi connectivity index (χ1n) is 6.12. The zero-order chi connectivity index (χ0) is 12.3. The van der Waals surface area contributed by atoms with Gasteiger partial charge in [0, 0.05) is 12.5 Å². The average Bonchev–Trinajstić information content (AvgIpc) is 2.81. The second-order valence-electron chi connectivity index (χ2n) is 4.62. The van der Waals surface area contributed by atoms with Crippen molar-refractivity contribution in [2.75, 3.05) is 13.7 Å². The predicted octanol–water partition coefficient (Wildman–Crippen LogP) is 2.33. The summed E-state index contributed by atoms with van der Waals surface area (Å²) in [5.74, 6) is 0.851. The van der Waals surface area contributed by atoms with Crippen LogP contribution < -0.4 is 10.1 Å². The summed E-state index contributed by atoms with van der Waals surface area (Å²) in [5.41, 5.74) is 1.80. The lowest BCUT2D eigenvalue weighted by Crippen LogP contribution is -2.24. The number of methoxy groups -OCH3 is 1. The number of carbonyl (C=O) groups excluding carboxylic acids is 1. The standard InChI is InChI=1S/C14H19NO2/c1-10-5-6-14(17-2)12(8-10)13(16)9-11-4-3-7-15-11/h5-6,8,11,15H,3-4,7,9H2,1-2H3. The van der Waals surface area contributed by atoms with Gasteiger partial charge in [-0.2, -0.15) is 0 Å². The van der Waals surface area contributed by atoms with Crippen molar-refractivity contribution in [3.05, 3.63) is 29.3 Å². The van der Waals surface area contributed by atoms with Crippen LogP contribution in [0.3, 0.4) is 0 Å². The van der Waals surface area contributed by atoms with E-state index in [2.05, 4.69) is 5.32 Å². The molecule has 1 unspecified atom stereocenters. The maximum Gasteiger partial charge on any atom is 0.168 e. The van der Waals surface area contributed by atoms with Crippen LogP contribution in [-0.4, -0.2) is 25.5 Å². The number of ether oxygens (including phenoxy) is 1. The fourth-order valence-corrected chi connectivity index (χ4v) is 2.30. The van der Waals surface area contributed by atoms with Crippen molar-refractivity contribution in [2.45, 2.75) is 32.2 Å². The largest absolute Gasteiger partial charge is 0.496 e. The van der Waals surface area contributed by atoms with Crippen molar-refractivity contribution in [3.8, 4) is 5.75 Å². The van der Waals surface area contributed by atoms with E-state index < -0.39 is 0 Å². The number of ketones is 1. The Morgan fingerprint density at radius 3 is 3.00 bits per heavy atom. The molecule has 0 saturated carbocycles. The van der Waals surface area contributed by atoms with E-state index in [0.717, 1.165) is 18.5 Å². The highest BCUT2D eigenvalue weighted by Crippen LogP contribution is 2.23. The summed E-state index contributed by atoms with van der Waals surface area (Å²) >= 11 is 0. The van der Waals surface area contributed by atoms with Gasteiger partial charge in [-0.05, 0) is 38.4 Å². The Labute approximate surface area is 102 Å². The first kappa shape index (κ1) is 12.1. The molecule has 2 rings (SSSR count). The maximum atomic E-state index is 12.2. The molecule has 1 atom stereocenters. The van der Waals surface area contributed by atoms with Crippen LogP contribution in [0.25, 0.3) is 0 Å². The van der Waals surface area contributed by atoms with Crippen LogP contribution in [0.5, 0.6) is 5.75 Å². The highest BCUT2D eigenvalue weighted by Gasteiger charge is 2.20. The van der Waals surface area contributed by atoms with Gasteiger partial charge in [0.1, 0.15) is 5.75 Å². The SMILES string of the molecule is COc1ccc(C)cc1C(=O)CC1CCCN1. The fourth-order valence-electron chi connectivity index (χ4n) is 2.30. The second kappa shape index (κ2) is 5.32. The Morgan fingerprint density at radius 2 is 2.35 bits per heavy atom. The van der Waals surface area contributed by atoms with Crippen molar-refractivity contribution in [2.24, 2.45) is 0 Å². The maximum absolute atomic E-state index is 12.2. The molecule has 0 radical (unpaired) electrons. The van der Waals surface area contributed by atoms with Crippen molar-refractivity contribution < 1.29 is 9.53 Å². The van der Waals surface area contributed by atoms with Gasteiger partial charge in [-0.3, -0.25) is 4.79 Å². The molecule has 3 heteroatoms. The van der Waals surface area contributed by atoms with Gasteiger partial charge in [-0.1, -0.05) is 11.6 Å². The van der Waals surface area contributed by atoms with Gasteiger partial charge in [0.2, 0.25) is 0 Å². The Balaban J connectivity index is 2.14. The van der Waals surface area contributed by atoms with Gasteiger partial charge in [-0.25, -0.2) is 0 Å². The number of benzene rings is 1. The van der Waals surface area contributed by atoms with Crippen LogP contribution in [0.4, 0.5) is 0 Å². The van der Waals surface area contributed by atoms with E-state index >= 15 is 0 Å². The molecule has 0 aromatic heterocycles. The van der Waals surface area contributed by atoms with Crippen molar-refractivity contribution in [3.63, 3.8) is 0 Å². The second-order valence-corrected chi connectivity index (χ2v) is 4.62. The van der Waals surface area contributed by atoms with E-state index in [0.29, 0.717) is 23.8 Å². The van der Waals surface area contributed by atoms with Gasteiger partial charge in [-0.15, -0.1) is 0 Å². The average molecular weight is 233 g/mol. The van der Waals surface area contributed by atoms with E-state index in [-0.39, 0.29) is 5.78 Å². The minimum Gasteiger partial charge on any atom is -0.496 e. The Hall–Kier alpha value is -1.35. The predicted molar refractivity (Wildman–Crippen MR) is 67.7 cm³/mol. The molecule has 1 heterocycles. The summed E-state index contributed by atoms with van der Waals surface area (Å²) < 4.78 is 5.24. The molecular formula is C14H19NO2. The minimum absolute atomic E-state index is 0.171. The summed E-state index contributed by atoms with van der Waals surface area (Å²) in [6.07, 6.45) is 2.84. The molecule has 0 aliphatic carbocycles. The van der Waals surface area contributed by atoms with Crippen LogP contribution in [-0.2, 0) is 0 Å². The molecule has 1 saturated heterocycles. The number of nitrogens with one attached hydrogen (secondary N) is 1. The first-order chi connectivity index (χ1) is 8.20. The Kier molecular flexibility index (Phi) is 3.79. The third kappa shape index (κ3) is 2.86. The zero-order valence-electron chi connectivity index (χ0n) is 10.5. The van der Waals surface area contributed by atoms with Gasteiger partial charge in [0.25, 0.3) is 0 Å². The quantitative estimate of drug-likeness (QED) is 0.811. The lowest BCUT2D eigenvalue weighted by atomic mass is 10.0. The van der Waals surface area contributed by atoms with E-state index in [1.165, 1.54) is 6.42 Å². The normalized spacial score (nSPS) is 19.3. The topological polar surface area (TPSA) is 38.3 Å². The van der Waals surface area contributed by atoms with E-state index in [4.69, 9.17) is 4.74 Å². The van der Waals surface area contributed by atoms with Gasteiger partial charge < -0.3 is 10.1 Å². The molecule has 0 amide bonds. The van der Waals surface area contributed by atoms with Gasteiger partial charge >= 0.3 is 0 Å². The summed E-state index contributed by atoms with van der Waals surface area (Å²) in [6, 6.07) is 6.08. The fraction of sp³-hybridized carbons (Fsp3) is 0.500. The highest BCUT2D eigenvalue weighted by molar-refractivity contribution is 5.99. The molecule has 92 valence electrons. The van der Waals surface area contributed by atoms with Crippen LogP contribution >= 0.6 is 0 Å². The molecule has 3 nitrogen and oxygen atoms in total. The number of carbonyl (C=O) groups is 1. The van der Waals surface area contributed by atoms with Crippen molar-refractivity contribution >= 4 is 5.78 Å². The highest BCUT2D eigenvalue weighted by atomic mass is 16.5. The lowest BCUT2D eigenvalue weighted by molar-refractivity contribution is 0.0968. The van der Waals surface area contributed by atoms with Crippen LogP contribution in [0.15, 0.2) is 18.2 Å². The smallest absolute Gasteiger partial charge is 0.168 e.